The van der Waals surface area contributed by atoms with Gasteiger partial charge in [0.15, 0.2) is 0 Å². The van der Waals surface area contributed by atoms with Crippen LogP contribution in [0.15, 0.2) is 42.5 Å². The molecular weight excluding hydrogens is 253 g/mol. The summed E-state index contributed by atoms with van der Waals surface area (Å²) in [5, 5.41) is 2.80. The molecule has 1 amide bonds. The summed E-state index contributed by atoms with van der Waals surface area (Å²) < 4.78 is 12.9. The first kappa shape index (κ1) is 12.6. The van der Waals surface area contributed by atoms with Crippen molar-refractivity contribution in [3.8, 4) is 0 Å². The van der Waals surface area contributed by atoms with Crippen LogP contribution < -0.4 is 5.32 Å². The largest absolute Gasteiger partial charge is 0.322 e. The fourth-order valence-corrected chi connectivity index (χ4v) is 1.76. The zero-order chi connectivity index (χ0) is 13.1. The summed E-state index contributed by atoms with van der Waals surface area (Å²) in [5.41, 5.74) is 2.03. The molecule has 2 rings (SSSR count). The molecule has 1 N–H and O–H groups in total. The molecule has 0 fully saturated rings. The maximum atomic E-state index is 12.9. The zero-order valence-corrected chi connectivity index (χ0v) is 10.5. The molecule has 0 saturated heterocycles. The van der Waals surface area contributed by atoms with Crippen molar-refractivity contribution >= 4 is 23.2 Å². The normalized spacial score (nSPS) is 10.2. The number of benzene rings is 2. The number of halogens is 2. The lowest BCUT2D eigenvalue weighted by Gasteiger charge is -2.07. The predicted molar refractivity (Wildman–Crippen MR) is 70.5 cm³/mol. The van der Waals surface area contributed by atoms with Crippen molar-refractivity contribution < 1.29 is 9.18 Å². The van der Waals surface area contributed by atoms with Crippen molar-refractivity contribution in [1.82, 2.24) is 0 Å². The Morgan fingerprint density at radius 3 is 2.44 bits per heavy atom. The van der Waals surface area contributed by atoms with E-state index in [-0.39, 0.29) is 16.5 Å². The average molecular weight is 264 g/mol. The molecule has 92 valence electrons. The minimum absolute atomic E-state index is 0.0969. The van der Waals surface area contributed by atoms with Crippen LogP contribution in [-0.4, -0.2) is 5.91 Å². The topological polar surface area (TPSA) is 29.1 Å². The van der Waals surface area contributed by atoms with E-state index in [9.17, 15) is 9.18 Å². The maximum absolute atomic E-state index is 12.9. The fraction of sp³-hybridized carbons (Fsp3) is 0.0714. The monoisotopic (exact) mass is 263 g/mol. The molecule has 0 aromatic heterocycles. The van der Waals surface area contributed by atoms with Gasteiger partial charge in [0.1, 0.15) is 5.82 Å². The van der Waals surface area contributed by atoms with Gasteiger partial charge in [-0.25, -0.2) is 4.39 Å². The number of hydrogen-bond acceptors (Lipinski definition) is 1. The Labute approximate surface area is 109 Å². The van der Waals surface area contributed by atoms with Gasteiger partial charge >= 0.3 is 0 Å². The van der Waals surface area contributed by atoms with Gasteiger partial charge in [-0.3, -0.25) is 4.79 Å². The van der Waals surface area contributed by atoms with Crippen LogP contribution in [-0.2, 0) is 0 Å². The molecule has 0 saturated carbocycles. The summed E-state index contributed by atoms with van der Waals surface area (Å²) in [6.07, 6.45) is 0. The molecule has 0 aliphatic carbocycles. The van der Waals surface area contributed by atoms with Crippen molar-refractivity contribution in [1.29, 1.82) is 0 Å². The summed E-state index contributed by atoms with van der Waals surface area (Å²) in [4.78, 5) is 11.9. The van der Waals surface area contributed by atoms with Gasteiger partial charge in [0.25, 0.3) is 5.91 Å². The first-order chi connectivity index (χ1) is 8.56. The van der Waals surface area contributed by atoms with Crippen LogP contribution >= 0.6 is 11.6 Å². The minimum Gasteiger partial charge on any atom is -0.322 e. The number of aryl methyl sites for hydroxylation is 1. The Kier molecular flexibility index (Phi) is 3.63. The van der Waals surface area contributed by atoms with E-state index in [1.54, 1.807) is 12.1 Å². The number of carbonyl (C=O) groups is 1. The van der Waals surface area contributed by atoms with Crippen molar-refractivity contribution in [2.45, 2.75) is 6.92 Å². The number of anilines is 1. The molecule has 0 atom stereocenters. The Morgan fingerprint density at radius 1 is 1.17 bits per heavy atom. The third-order valence-electron chi connectivity index (χ3n) is 2.49. The highest BCUT2D eigenvalue weighted by molar-refractivity contribution is 6.34. The van der Waals surface area contributed by atoms with Gasteiger partial charge in [0, 0.05) is 5.69 Å². The van der Waals surface area contributed by atoms with Gasteiger partial charge in [-0.2, -0.15) is 0 Å². The molecule has 18 heavy (non-hydrogen) atoms. The first-order valence-corrected chi connectivity index (χ1v) is 5.77. The Bertz CT molecular complexity index is 581. The molecule has 0 aliphatic heterocycles. The van der Waals surface area contributed by atoms with E-state index in [1.807, 2.05) is 19.1 Å². The SMILES string of the molecule is Cc1ccc(NC(=O)c2ccc(F)cc2Cl)cc1. The number of carbonyl (C=O) groups excluding carboxylic acids is 1. The zero-order valence-electron chi connectivity index (χ0n) is 9.71. The number of hydrogen-bond donors (Lipinski definition) is 1. The molecule has 0 radical (unpaired) electrons. The summed E-state index contributed by atoms with van der Waals surface area (Å²) in [7, 11) is 0. The highest BCUT2D eigenvalue weighted by Gasteiger charge is 2.11. The van der Waals surface area contributed by atoms with Crippen molar-refractivity contribution in [2.24, 2.45) is 0 Å². The highest BCUT2D eigenvalue weighted by atomic mass is 35.5. The van der Waals surface area contributed by atoms with Gasteiger partial charge in [-0.05, 0) is 37.3 Å². The second-order valence-electron chi connectivity index (χ2n) is 3.94. The molecule has 0 spiro atoms. The Hall–Kier alpha value is -1.87. The Balaban J connectivity index is 2.19. The smallest absolute Gasteiger partial charge is 0.257 e. The van der Waals surface area contributed by atoms with Gasteiger partial charge in [-0.1, -0.05) is 29.3 Å². The van der Waals surface area contributed by atoms with E-state index in [2.05, 4.69) is 5.32 Å². The van der Waals surface area contributed by atoms with Gasteiger partial charge in [0.2, 0.25) is 0 Å². The van der Waals surface area contributed by atoms with Crippen LogP contribution in [0.1, 0.15) is 15.9 Å². The van der Waals surface area contributed by atoms with E-state index in [0.29, 0.717) is 5.69 Å². The van der Waals surface area contributed by atoms with E-state index in [0.717, 1.165) is 11.6 Å². The highest BCUT2D eigenvalue weighted by Crippen LogP contribution is 2.19. The third kappa shape index (κ3) is 2.87. The number of rotatable bonds is 2. The second kappa shape index (κ2) is 5.19. The third-order valence-corrected chi connectivity index (χ3v) is 2.80. The van der Waals surface area contributed by atoms with Crippen molar-refractivity contribution in [3.63, 3.8) is 0 Å². The summed E-state index contributed by atoms with van der Waals surface area (Å²) in [5.74, 6) is -0.823. The van der Waals surface area contributed by atoms with Crippen LogP contribution in [0.2, 0.25) is 5.02 Å². The van der Waals surface area contributed by atoms with Gasteiger partial charge < -0.3 is 5.32 Å². The van der Waals surface area contributed by atoms with Crippen molar-refractivity contribution in [3.05, 3.63) is 64.4 Å². The molecule has 4 heteroatoms. The van der Waals surface area contributed by atoms with Crippen LogP contribution in [0.5, 0.6) is 0 Å². The molecule has 2 nitrogen and oxygen atoms in total. The van der Waals surface area contributed by atoms with Gasteiger partial charge in [-0.15, -0.1) is 0 Å². The molecule has 2 aromatic carbocycles. The standard InChI is InChI=1S/C14H11ClFNO/c1-9-2-5-11(6-3-9)17-14(18)12-7-4-10(16)8-13(12)15/h2-8H,1H3,(H,17,18). The lowest BCUT2D eigenvalue weighted by Crippen LogP contribution is -2.12. The minimum atomic E-state index is -0.466. The average Bonchev–Trinajstić information content (AvgIpc) is 2.32. The Morgan fingerprint density at radius 2 is 1.83 bits per heavy atom. The quantitative estimate of drug-likeness (QED) is 0.870. The fourth-order valence-electron chi connectivity index (χ4n) is 1.51. The van der Waals surface area contributed by atoms with Crippen LogP contribution in [0.3, 0.4) is 0 Å². The van der Waals surface area contributed by atoms with Gasteiger partial charge in [0.05, 0.1) is 10.6 Å². The predicted octanol–water partition coefficient (Wildman–Crippen LogP) is 4.04. The maximum Gasteiger partial charge on any atom is 0.257 e. The number of amides is 1. The second-order valence-corrected chi connectivity index (χ2v) is 4.35. The number of nitrogens with one attached hydrogen (secondary N) is 1. The summed E-state index contributed by atoms with van der Waals surface area (Å²) >= 11 is 5.82. The lowest BCUT2D eigenvalue weighted by molar-refractivity contribution is 0.102. The van der Waals surface area contributed by atoms with Crippen LogP contribution in [0.4, 0.5) is 10.1 Å². The summed E-state index contributed by atoms with van der Waals surface area (Å²) in [6.45, 7) is 1.96. The molecule has 0 bridgehead atoms. The van der Waals surface area contributed by atoms with E-state index < -0.39 is 5.82 Å². The van der Waals surface area contributed by atoms with Crippen LogP contribution in [0, 0.1) is 12.7 Å². The molecule has 0 unspecified atom stereocenters. The van der Waals surface area contributed by atoms with E-state index >= 15 is 0 Å². The van der Waals surface area contributed by atoms with E-state index in [1.165, 1.54) is 12.1 Å². The lowest BCUT2D eigenvalue weighted by atomic mass is 10.2. The summed E-state index contributed by atoms with van der Waals surface area (Å²) in [6, 6.07) is 11.1. The van der Waals surface area contributed by atoms with E-state index in [4.69, 9.17) is 11.6 Å². The molecule has 0 heterocycles. The molecular formula is C14H11ClFNO. The van der Waals surface area contributed by atoms with Crippen molar-refractivity contribution in [2.75, 3.05) is 5.32 Å². The van der Waals surface area contributed by atoms with Crippen LogP contribution in [0.25, 0.3) is 0 Å². The molecule has 0 aliphatic rings. The first-order valence-electron chi connectivity index (χ1n) is 5.39. The molecule has 2 aromatic rings.